The molecule has 1 heterocycles. The van der Waals surface area contributed by atoms with Crippen LogP contribution in [0.5, 0.6) is 0 Å². The topological polar surface area (TPSA) is 44.1 Å². The lowest BCUT2D eigenvalue weighted by molar-refractivity contribution is 0.0599. The predicted molar refractivity (Wildman–Crippen MR) is 84.9 cm³/mol. The Kier molecular flexibility index (Phi) is 6.76. The van der Waals surface area contributed by atoms with Crippen molar-refractivity contribution in [1.29, 1.82) is 0 Å². The van der Waals surface area contributed by atoms with E-state index in [1.54, 1.807) is 16.8 Å². The summed E-state index contributed by atoms with van der Waals surface area (Å²) in [6.07, 6.45) is 2.35. The molecule has 0 spiro atoms. The van der Waals surface area contributed by atoms with E-state index in [2.05, 4.69) is 5.10 Å². The molecule has 1 aromatic carbocycles. The highest BCUT2D eigenvalue weighted by atomic mass is 19.1. The Morgan fingerprint density at radius 1 is 1.32 bits per heavy atom. The van der Waals surface area contributed by atoms with Crippen molar-refractivity contribution in [2.75, 3.05) is 7.11 Å². The van der Waals surface area contributed by atoms with Crippen LogP contribution < -0.4 is 0 Å². The second kappa shape index (κ2) is 8.32. The largest absolute Gasteiger partial charge is 0.465 e. The van der Waals surface area contributed by atoms with Gasteiger partial charge in [-0.25, -0.2) is 13.9 Å². The molecule has 0 bridgehead atoms. The van der Waals surface area contributed by atoms with E-state index in [-0.39, 0.29) is 11.7 Å². The molecule has 0 fully saturated rings. The maximum absolute atomic E-state index is 13.0. The minimum Gasteiger partial charge on any atom is -0.465 e. The summed E-state index contributed by atoms with van der Waals surface area (Å²) in [6, 6.07) is 6.01. The van der Waals surface area contributed by atoms with Crippen LogP contribution in [0.4, 0.5) is 4.39 Å². The standard InChI is InChI=1S/C15H17FN2O2.C2H6/c1-4-10(2)14-13(15(19)20-3)9-17-18(14)12-7-5-11(16)6-8-12;1-2/h5-10H,4H2,1-3H3;1-2H3. The number of esters is 1. The number of methoxy groups -OCH3 is 1. The molecule has 2 rings (SSSR count). The van der Waals surface area contributed by atoms with Gasteiger partial charge in [0.15, 0.2) is 0 Å². The summed E-state index contributed by atoms with van der Waals surface area (Å²) >= 11 is 0. The van der Waals surface area contributed by atoms with E-state index in [1.807, 2.05) is 27.7 Å². The first-order valence-electron chi connectivity index (χ1n) is 7.50. The lowest BCUT2D eigenvalue weighted by atomic mass is 10.0. The van der Waals surface area contributed by atoms with Crippen LogP contribution in [-0.2, 0) is 4.74 Å². The number of benzene rings is 1. The molecule has 0 amide bonds. The Bertz CT molecular complexity index is 606. The maximum Gasteiger partial charge on any atom is 0.341 e. The highest BCUT2D eigenvalue weighted by Crippen LogP contribution is 2.26. The molecule has 0 aliphatic heterocycles. The Hall–Kier alpha value is -2.17. The van der Waals surface area contributed by atoms with Gasteiger partial charge in [-0.05, 0) is 36.6 Å². The van der Waals surface area contributed by atoms with Crippen LogP contribution in [0.3, 0.4) is 0 Å². The zero-order chi connectivity index (χ0) is 16.7. The van der Waals surface area contributed by atoms with Crippen LogP contribution in [0.25, 0.3) is 5.69 Å². The third kappa shape index (κ3) is 3.72. The monoisotopic (exact) mass is 306 g/mol. The molecule has 0 aliphatic rings. The van der Waals surface area contributed by atoms with Gasteiger partial charge in [-0.3, -0.25) is 0 Å². The smallest absolute Gasteiger partial charge is 0.341 e. The second-order valence-electron chi connectivity index (χ2n) is 4.63. The molecule has 1 unspecified atom stereocenters. The zero-order valence-electron chi connectivity index (χ0n) is 13.8. The van der Waals surface area contributed by atoms with Gasteiger partial charge in [-0.1, -0.05) is 27.7 Å². The third-order valence-corrected chi connectivity index (χ3v) is 3.36. The maximum atomic E-state index is 13.0. The van der Waals surface area contributed by atoms with Crippen LogP contribution in [0, 0.1) is 5.82 Å². The highest BCUT2D eigenvalue weighted by Gasteiger charge is 2.22. The SMILES string of the molecule is CC.CCC(C)c1c(C(=O)OC)cnn1-c1ccc(F)cc1. The van der Waals surface area contributed by atoms with E-state index in [1.165, 1.54) is 25.4 Å². The lowest BCUT2D eigenvalue weighted by Crippen LogP contribution is -2.10. The van der Waals surface area contributed by atoms with Crippen molar-refractivity contribution in [3.63, 3.8) is 0 Å². The number of aromatic nitrogens is 2. The normalized spacial score (nSPS) is 11.4. The van der Waals surface area contributed by atoms with Gasteiger partial charge in [0.2, 0.25) is 0 Å². The Morgan fingerprint density at radius 3 is 2.41 bits per heavy atom. The summed E-state index contributed by atoms with van der Waals surface area (Å²) in [6.45, 7) is 8.05. The number of rotatable bonds is 4. The van der Waals surface area contributed by atoms with Crippen molar-refractivity contribution in [3.05, 3.63) is 47.5 Å². The quantitative estimate of drug-likeness (QED) is 0.789. The van der Waals surface area contributed by atoms with Crippen molar-refractivity contribution in [3.8, 4) is 5.69 Å². The molecule has 22 heavy (non-hydrogen) atoms. The van der Waals surface area contributed by atoms with Gasteiger partial charge < -0.3 is 4.74 Å². The fraction of sp³-hybridized carbons (Fsp3) is 0.412. The van der Waals surface area contributed by atoms with E-state index >= 15 is 0 Å². The van der Waals surface area contributed by atoms with Crippen LogP contribution in [0.2, 0.25) is 0 Å². The molecule has 0 saturated heterocycles. The van der Waals surface area contributed by atoms with Crippen molar-refractivity contribution >= 4 is 5.97 Å². The fourth-order valence-corrected chi connectivity index (χ4v) is 2.08. The van der Waals surface area contributed by atoms with Gasteiger partial charge in [0, 0.05) is 0 Å². The van der Waals surface area contributed by atoms with Crippen molar-refractivity contribution < 1.29 is 13.9 Å². The number of halogens is 1. The zero-order valence-corrected chi connectivity index (χ0v) is 13.8. The lowest BCUT2D eigenvalue weighted by Gasteiger charge is -2.14. The minimum atomic E-state index is -0.409. The van der Waals surface area contributed by atoms with E-state index in [0.29, 0.717) is 5.56 Å². The molecule has 1 aromatic heterocycles. The van der Waals surface area contributed by atoms with Gasteiger partial charge in [-0.15, -0.1) is 0 Å². The van der Waals surface area contributed by atoms with Gasteiger partial charge in [-0.2, -0.15) is 5.10 Å². The Labute approximate surface area is 130 Å². The summed E-state index contributed by atoms with van der Waals surface area (Å²) in [7, 11) is 1.35. The molecular formula is C17H23FN2O2. The number of carbonyl (C=O) groups excluding carboxylic acids is 1. The number of ether oxygens (including phenoxy) is 1. The Morgan fingerprint density at radius 2 is 1.91 bits per heavy atom. The molecule has 0 N–H and O–H groups in total. The molecule has 120 valence electrons. The molecule has 5 heteroatoms. The number of nitrogens with zero attached hydrogens (tertiary/aromatic N) is 2. The van der Waals surface area contributed by atoms with Crippen molar-refractivity contribution in [1.82, 2.24) is 9.78 Å². The summed E-state index contributed by atoms with van der Waals surface area (Å²) in [4.78, 5) is 11.8. The van der Waals surface area contributed by atoms with Gasteiger partial charge >= 0.3 is 5.97 Å². The average molecular weight is 306 g/mol. The predicted octanol–water partition coefficient (Wildman–Crippen LogP) is 4.34. The van der Waals surface area contributed by atoms with Crippen molar-refractivity contribution in [2.45, 2.75) is 40.0 Å². The fourth-order valence-electron chi connectivity index (χ4n) is 2.08. The summed E-state index contributed by atoms with van der Waals surface area (Å²) in [5, 5.41) is 4.25. The molecule has 0 aliphatic carbocycles. The minimum absolute atomic E-state index is 0.136. The first kappa shape index (κ1) is 17.9. The van der Waals surface area contributed by atoms with E-state index < -0.39 is 5.97 Å². The molecule has 1 atom stereocenters. The summed E-state index contributed by atoms with van der Waals surface area (Å²) in [5.74, 6) is -0.579. The van der Waals surface area contributed by atoms with Gasteiger partial charge in [0.25, 0.3) is 0 Å². The van der Waals surface area contributed by atoms with E-state index in [0.717, 1.165) is 17.8 Å². The number of hydrogen-bond acceptors (Lipinski definition) is 3. The Balaban J connectivity index is 0.00000116. The van der Waals surface area contributed by atoms with Gasteiger partial charge in [0.1, 0.15) is 11.4 Å². The average Bonchev–Trinajstić information content (AvgIpc) is 3.00. The van der Waals surface area contributed by atoms with Crippen LogP contribution in [0.1, 0.15) is 56.1 Å². The van der Waals surface area contributed by atoms with Crippen molar-refractivity contribution in [2.24, 2.45) is 0 Å². The number of carbonyl (C=O) groups is 1. The first-order chi connectivity index (χ1) is 10.6. The van der Waals surface area contributed by atoms with Gasteiger partial charge in [0.05, 0.1) is 24.7 Å². The summed E-state index contributed by atoms with van der Waals surface area (Å²) in [5.41, 5.74) is 1.95. The van der Waals surface area contributed by atoms with Crippen LogP contribution >= 0.6 is 0 Å². The molecule has 0 radical (unpaired) electrons. The highest BCUT2D eigenvalue weighted by molar-refractivity contribution is 5.90. The molecule has 4 nitrogen and oxygen atoms in total. The van der Waals surface area contributed by atoms with E-state index in [4.69, 9.17) is 4.74 Å². The third-order valence-electron chi connectivity index (χ3n) is 3.36. The molecular weight excluding hydrogens is 283 g/mol. The van der Waals surface area contributed by atoms with Crippen LogP contribution in [-0.4, -0.2) is 22.9 Å². The molecule has 2 aromatic rings. The first-order valence-corrected chi connectivity index (χ1v) is 7.50. The number of hydrogen-bond donors (Lipinski definition) is 0. The summed E-state index contributed by atoms with van der Waals surface area (Å²) < 4.78 is 19.5. The molecule has 0 saturated carbocycles. The second-order valence-corrected chi connectivity index (χ2v) is 4.63. The van der Waals surface area contributed by atoms with E-state index in [9.17, 15) is 9.18 Å². The van der Waals surface area contributed by atoms with Crippen LogP contribution in [0.15, 0.2) is 30.5 Å².